The lowest BCUT2D eigenvalue weighted by Crippen LogP contribution is -2.30. The van der Waals surface area contributed by atoms with Gasteiger partial charge in [0.05, 0.1) is 5.60 Å². The number of hydrogen-bond donors (Lipinski definition) is 0. The smallest absolute Gasteiger partial charge is 0.307 e. The molecular weight excluding hydrogens is 216 g/mol. The van der Waals surface area contributed by atoms with Crippen LogP contribution in [0.15, 0.2) is 11.8 Å². The van der Waals surface area contributed by atoms with Crippen LogP contribution >= 0.6 is 0 Å². The Morgan fingerprint density at radius 1 is 1.35 bits per heavy atom. The maximum atomic E-state index is 11.1. The van der Waals surface area contributed by atoms with Crippen molar-refractivity contribution in [2.45, 2.75) is 64.6 Å². The van der Waals surface area contributed by atoms with Crippen LogP contribution in [0, 0.1) is 5.92 Å². The third-order valence-electron chi connectivity index (χ3n) is 3.54. The second-order valence-electron chi connectivity index (χ2n) is 5.68. The zero-order valence-electron chi connectivity index (χ0n) is 11.0. The first-order chi connectivity index (χ1) is 7.98. The fourth-order valence-corrected chi connectivity index (χ4v) is 2.86. The van der Waals surface area contributed by atoms with Crippen molar-refractivity contribution in [2.75, 3.05) is 0 Å². The van der Waals surface area contributed by atoms with E-state index in [1.807, 2.05) is 19.9 Å². The zero-order chi connectivity index (χ0) is 12.5. The van der Waals surface area contributed by atoms with Crippen molar-refractivity contribution >= 4 is 5.97 Å². The Labute approximate surface area is 103 Å². The van der Waals surface area contributed by atoms with Gasteiger partial charge in [0.2, 0.25) is 0 Å². The van der Waals surface area contributed by atoms with Crippen LogP contribution in [0.5, 0.6) is 0 Å². The van der Waals surface area contributed by atoms with Crippen molar-refractivity contribution in [2.24, 2.45) is 5.92 Å². The summed E-state index contributed by atoms with van der Waals surface area (Å²) in [5, 5.41) is 0. The second-order valence-corrected chi connectivity index (χ2v) is 5.68. The molecule has 1 fully saturated rings. The molecule has 0 amide bonds. The number of rotatable bonds is 2. The summed E-state index contributed by atoms with van der Waals surface area (Å²) in [6.07, 6.45) is 8.14. The maximum Gasteiger partial charge on any atom is 0.307 e. The highest BCUT2D eigenvalue weighted by Crippen LogP contribution is 2.38. The molecule has 1 heterocycles. The van der Waals surface area contributed by atoms with Gasteiger partial charge in [0, 0.05) is 6.92 Å². The highest BCUT2D eigenvalue weighted by molar-refractivity contribution is 5.67. The predicted octanol–water partition coefficient (Wildman–Crippen LogP) is 3.19. The number of hydrogen-bond acceptors (Lipinski definition) is 3. The molecular formula is C14H22O3. The van der Waals surface area contributed by atoms with Crippen molar-refractivity contribution in [3.8, 4) is 0 Å². The lowest BCUT2D eigenvalue weighted by atomic mass is 9.85. The van der Waals surface area contributed by atoms with Crippen LogP contribution in [0.4, 0.5) is 0 Å². The predicted molar refractivity (Wildman–Crippen MR) is 65.4 cm³/mol. The van der Waals surface area contributed by atoms with Gasteiger partial charge >= 0.3 is 5.97 Å². The Morgan fingerprint density at radius 3 is 2.59 bits per heavy atom. The van der Waals surface area contributed by atoms with Crippen LogP contribution in [0.25, 0.3) is 0 Å². The average Bonchev–Trinajstić information content (AvgIpc) is 2.54. The highest BCUT2D eigenvalue weighted by atomic mass is 16.6. The Morgan fingerprint density at radius 2 is 2.00 bits per heavy atom. The molecule has 1 saturated carbocycles. The molecule has 3 heteroatoms. The summed E-state index contributed by atoms with van der Waals surface area (Å²) in [5.41, 5.74) is -0.313. The Hall–Kier alpha value is -0.830. The summed E-state index contributed by atoms with van der Waals surface area (Å²) in [6, 6.07) is 0. The SMILES string of the molecule is CC(=O)OC1=CC(C)(C)OC1C1CCCCC1. The lowest BCUT2D eigenvalue weighted by molar-refractivity contribution is -0.140. The van der Waals surface area contributed by atoms with Gasteiger partial charge in [-0.15, -0.1) is 0 Å². The van der Waals surface area contributed by atoms with E-state index >= 15 is 0 Å². The van der Waals surface area contributed by atoms with Crippen molar-refractivity contribution in [1.29, 1.82) is 0 Å². The summed E-state index contributed by atoms with van der Waals surface area (Å²) in [6.45, 7) is 5.47. The van der Waals surface area contributed by atoms with Crippen molar-refractivity contribution in [1.82, 2.24) is 0 Å². The van der Waals surface area contributed by atoms with Gasteiger partial charge in [0.25, 0.3) is 0 Å². The van der Waals surface area contributed by atoms with E-state index in [4.69, 9.17) is 9.47 Å². The van der Waals surface area contributed by atoms with E-state index in [2.05, 4.69) is 0 Å². The normalized spacial score (nSPS) is 28.9. The summed E-state index contributed by atoms with van der Waals surface area (Å²) in [7, 11) is 0. The molecule has 0 aromatic heterocycles. The van der Waals surface area contributed by atoms with E-state index < -0.39 is 0 Å². The van der Waals surface area contributed by atoms with Crippen molar-refractivity contribution < 1.29 is 14.3 Å². The van der Waals surface area contributed by atoms with E-state index in [-0.39, 0.29) is 17.7 Å². The third-order valence-corrected chi connectivity index (χ3v) is 3.54. The number of ether oxygens (including phenoxy) is 2. The Bertz CT molecular complexity index is 324. The zero-order valence-corrected chi connectivity index (χ0v) is 11.0. The lowest BCUT2D eigenvalue weighted by Gasteiger charge is -2.30. The van der Waals surface area contributed by atoms with Gasteiger partial charge in [-0.2, -0.15) is 0 Å². The van der Waals surface area contributed by atoms with E-state index in [1.54, 1.807) is 0 Å². The number of carbonyl (C=O) groups is 1. The molecule has 0 spiro atoms. The topological polar surface area (TPSA) is 35.5 Å². The molecule has 0 saturated heterocycles. The van der Waals surface area contributed by atoms with Gasteiger partial charge in [-0.1, -0.05) is 19.3 Å². The Balaban J connectivity index is 2.10. The first-order valence-corrected chi connectivity index (χ1v) is 6.57. The molecule has 0 N–H and O–H groups in total. The summed E-state index contributed by atoms with van der Waals surface area (Å²) < 4.78 is 11.3. The molecule has 0 bridgehead atoms. The number of esters is 1. The fourth-order valence-electron chi connectivity index (χ4n) is 2.86. The molecule has 17 heavy (non-hydrogen) atoms. The van der Waals surface area contributed by atoms with Crippen LogP contribution in [-0.2, 0) is 14.3 Å². The standard InChI is InChI=1S/C14H22O3/c1-10(15)16-12-9-14(2,3)17-13(12)11-7-5-4-6-8-11/h9,11,13H,4-8H2,1-3H3. The minimum absolute atomic E-state index is 0.0193. The van der Waals surface area contributed by atoms with Crippen LogP contribution < -0.4 is 0 Å². The Kier molecular flexibility index (Phi) is 3.57. The van der Waals surface area contributed by atoms with Gasteiger partial charge in [-0.25, -0.2) is 0 Å². The van der Waals surface area contributed by atoms with Gasteiger partial charge in [0.15, 0.2) is 0 Å². The molecule has 1 atom stereocenters. The van der Waals surface area contributed by atoms with Crippen LogP contribution in [-0.4, -0.2) is 17.7 Å². The molecule has 2 rings (SSSR count). The van der Waals surface area contributed by atoms with Gasteiger partial charge in [-0.05, 0) is 38.7 Å². The van der Waals surface area contributed by atoms with E-state index in [0.717, 1.165) is 5.76 Å². The summed E-state index contributed by atoms with van der Waals surface area (Å²) in [4.78, 5) is 11.1. The molecule has 2 aliphatic rings. The molecule has 3 nitrogen and oxygen atoms in total. The van der Waals surface area contributed by atoms with Crippen LogP contribution in [0.2, 0.25) is 0 Å². The number of carbonyl (C=O) groups excluding carboxylic acids is 1. The quantitative estimate of drug-likeness (QED) is 0.693. The minimum Gasteiger partial charge on any atom is -0.429 e. The molecule has 1 aliphatic carbocycles. The van der Waals surface area contributed by atoms with Gasteiger partial charge < -0.3 is 9.47 Å². The molecule has 0 aromatic carbocycles. The average molecular weight is 238 g/mol. The molecule has 0 aromatic rings. The fraction of sp³-hybridized carbons (Fsp3) is 0.786. The summed E-state index contributed by atoms with van der Waals surface area (Å²) >= 11 is 0. The summed E-state index contributed by atoms with van der Waals surface area (Å²) in [5.74, 6) is 0.990. The second kappa shape index (κ2) is 4.81. The van der Waals surface area contributed by atoms with Crippen LogP contribution in [0.3, 0.4) is 0 Å². The van der Waals surface area contributed by atoms with E-state index in [0.29, 0.717) is 5.92 Å². The van der Waals surface area contributed by atoms with Crippen molar-refractivity contribution in [3.63, 3.8) is 0 Å². The largest absolute Gasteiger partial charge is 0.429 e. The first kappa shape index (κ1) is 12.6. The molecule has 96 valence electrons. The minimum atomic E-state index is -0.313. The van der Waals surface area contributed by atoms with E-state index in [9.17, 15) is 4.79 Å². The van der Waals surface area contributed by atoms with Crippen molar-refractivity contribution in [3.05, 3.63) is 11.8 Å². The first-order valence-electron chi connectivity index (χ1n) is 6.57. The van der Waals surface area contributed by atoms with E-state index in [1.165, 1.54) is 39.0 Å². The third kappa shape index (κ3) is 3.09. The maximum absolute atomic E-state index is 11.1. The molecule has 1 aliphatic heterocycles. The van der Waals surface area contributed by atoms with Crippen LogP contribution in [0.1, 0.15) is 52.9 Å². The molecule has 1 unspecified atom stereocenters. The highest BCUT2D eigenvalue weighted by Gasteiger charge is 2.39. The van der Waals surface area contributed by atoms with Gasteiger partial charge in [0.1, 0.15) is 11.9 Å². The monoisotopic (exact) mass is 238 g/mol. The molecule has 0 radical (unpaired) electrons. The van der Waals surface area contributed by atoms with Gasteiger partial charge in [-0.3, -0.25) is 4.79 Å².